The minimum absolute atomic E-state index is 0.0790. The van der Waals surface area contributed by atoms with Crippen molar-refractivity contribution >= 4 is 15.9 Å². The topological polar surface area (TPSA) is 97.8 Å². The number of ether oxygens (including phenoxy) is 2. The van der Waals surface area contributed by atoms with Crippen LogP contribution < -0.4 is 14.2 Å². The van der Waals surface area contributed by atoms with Gasteiger partial charge in [-0.25, -0.2) is 13.1 Å². The lowest BCUT2D eigenvalue weighted by atomic mass is 9.94. The summed E-state index contributed by atoms with van der Waals surface area (Å²) >= 11 is 0. The largest absolute Gasteiger partial charge is 0.454 e. The molecule has 0 spiro atoms. The molecule has 0 fully saturated rings. The van der Waals surface area contributed by atoms with Crippen LogP contribution >= 0.6 is 0 Å². The molecule has 2 aliphatic heterocycles. The third-order valence-electron chi connectivity index (χ3n) is 5.44. The highest BCUT2D eigenvalue weighted by molar-refractivity contribution is 7.89. The molecule has 0 atom stereocenters. The summed E-state index contributed by atoms with van der Waals surface area (Å²) in [5.41, 5.74) is 4.29. The van der Waals surface area contributed by atoms with Crippen LogP contribution in [0.3, 0.4) is 0 Å². The fraction of sp³-hybridized carbons (Fsp3) is 0.429. The first-order chi connectivity index (χ1) is 14.4. The van der Waals surface area contributed by atoms with Crippen LogP contribution in [-0.4, -0.2) is 43.3 Å². The molecule has 9 heteroatoms. The SMILES string of the molecule is CCCS(=O)(=O)NCc1c(C)ncc2c1CCN(C(=O)c1ccc3c(c1)OCO3)C2. The zero-order valence-electron chi connectivity index (χ0n) is 17.1. The first kappa shape index (κ1) is 20.6. The van der Waals surface area contributed by atoms with Crippen molar-refractivity contribution in [1.82, 2.24) is 14.6 Å². The zero-order valence-corrected chi connectivity index (χ0v) is 17.9. The molecule has 8 nitrogen and oxygen atoms in total. The number of hydrogen-bond acceptors (Lipinski definition) is 6. The number of aryl methyl sites for hydroxylation is 1. The van der Waals surface area contributed by atoms with Crippen molar-refractivity contribution < 1.29 is 22.7 Å². The lowest BCUT2D eigenvalue weighted by molar-refractivity contribution is 0.0733. The standard InChI is InChI=1S/C21H25N3O5S/c1-3-8-30(26,27)23-11-18-14(2)22-10-16-12-24(7-6-17(16)18)21(25)15-4-5-19-20(9-15)29-13-28-19/h4-5,9-10,23H,3,6-8,11-13H2,1-2H3. The van der Waals surface area contributed by atoms with Gasteiger partial charge in [0.2, 0.25) is 16.8 Å². The fourth-order valence-corrected chi connectivity index (χ4v) is 4.91. The predicted octanol–water partition coefficient (Wildman–Crippen LogP) is 2.15. The number of nitrogens with one attached hydrogen (secondary N) is 1. The van der Waals surface area contributed by atoms with Crippen molar-refractivity contribution in [3.8, 4) is 11.5 Å². The molecule has 0 saturated carbocycles. The van der Waals surface area contributed by atoms with E-state index in [1.165, 1.54) is 0 Å². The molecule has 1 amide bonds. The quantitative estimate of drug-likeness (QED) is 0.753. The number of hydrogen-bond donors (Lipinski definition) is 1. The lowest BCUT2D eigenvalue weighted by Gasteiger charge is -2.30. The van der Waals surface area contributed by atoms with E-state index in [4.69, 9.17) is 9.47 Å². The van der Waals surface area contributed by atoms with Crippen LogP contribution in [-0.2, 0) is 29.5 Å². The Morgan fingerprint density at radius 2 is 2.07 bits per heavy atom. The van der Waals surface area contributed by atoms with E-state index in [-0.39, 0.29) is 25.0 Å². The van der Waals surface area contributed by atoms with Gasteiger partial charge in [0.15, 0.2) is 11.5 Å². The molecule has 0 aliphatic carbocycles. The Morgan fingerprint density at radius 1 is 1.27 bits per heavy atom. The molecule has 0 unspecified atom stereocenters. The van der Waals surface area contributed by atoms with Gasteiger partial charge in [0.25, 0.3) is 5.91 Å². The van der Waals surface area contributed by atoms with Crippen LogP contribution in [0.5, 0.6) is 11.5 Å². The molecule has 1 N–H and O–H groups in total. The Kier molecular flexibility index (Phi) is 5.66. The minimum atomic E-state index is -3.30. The maximum atomic E-state index is 13.0. The van der Waals surface area contributed by atoms with Crippen LogP contribution in [0.2, 0.25) is 0 Å². The zero-order chi connectivity index (χ0) is 21.3. The average molecular weight is 432 g/mol. The van der Waals surface area contributed by atoms with Crippen molar-refractivity contribution in [3.63, 3.8) is 0 Å². The van der Waals surface area contributed by atoms with Gasteiger partial charge in [0.1, 0.15) is 0 Å². The van der Waals surface area contributed by atoms with E-state index in [9.17, 15) is 13.2 Å². The maximum Gasteiger partial charge on any atom is 0.254 e. The van der Waals surface area contributed by atoms with Crippen molar-refractivity contribution in [2.75, 3.05) is 19.1 Å². The van der Waals surface area contributed by atoms with Crippen molar-refractivity contribution in [2.24, 2.45) is 0 Å². The number of sulfonamides is 1. The number of carbonyl (C=O) groups excluding carboxylic acids is 1. The number of carbonyl (C=O) groups is 1. The van der Waals surface area contributed by atoms with Crippen LogP contribution in [0.15, 0.2) is 24.4 Å². The number of fused-ring (bicyclic) bond motifs is 2. The maximum absolute atomic E-state index is 13.0. The van der Waals surface area contributed by atoms with Crippen LogP contribution in [0.1, 0.15) is 46.1 Å². The summed E-state index contributed by atoms with van der Waals surface area (Å²) in [5.74, 6) is 1.25. The van der Waals surface area contributed by atoms with E-state index in [1.54, 1.807) is 29.3 Å². The highest BCUT2D eigenvalue weighted by Gasteiger charge is 2.26. The Balaban J connectivity index is 1.52. The Labute approximate surface area is 176 Å². The number of nitrogens with zero attached hydrogens (tertiary/aromatic N) is 2. The van der Waals surface area contributed by atoms with Gasteiger partial charge in [-0.1, -0.05) is 6.92 Å². The smallest absolute Gasteiger partial charge is 0.254 e. The summed E-state index contributed by atoms with van der Waals surface area (Å²) in [4.78, 5) is 19.2. The van der Waals surface area contributed by atoms with E-state index >= 15 is 0 Å². The Morgan fingerprint density at radius 3 is 2.87 bits per heavy atom. The molecule has 4 rings (SSSR count). The average Bonchev–Trinajstić information content (AvgIpc) is 3.20. The molecule has 160 valence electrons. The van der Waals surface area contributed by atoms with E-state index in [1.807, 2.05) is 13.8 Å². The highest BCUT2D eigenvalue weighted by Crippen LogP contribution is 2.33. The fourth-order valence-electron chi connectivity index (χ4n) is 3.87. The summed E-state index contributed by atoms with van der Waals surface area (Å²) in [7, 11) is -3.30. The first-order valence-corrected chi connectivity index (χ1v) is 11.7. The van der Waals surface area contributed by atoms with Crippen LogP contribution in [0.25, 0.3) is 0 Å². The highest BCUT2D eigenvalue weighted by atomic mass is 32.2. The lowest BCUT2D eigenvalue weighted by Crippen LogP contribution is -2.37. The number of aromatic nitrogens is 1. The predicted molar refractivity (Wildman–Crippen MR) is 111 cm³/mol. The second-order valence-corrected chi connectivity index (χ2v) is 9.44. The number of amides is 1. The van der Waals surface area contributed by atoms with Gasteiger partial charge in [-0.2, -0.15) is 0 Å². The summed E-state index contributed by atoms with van der Waals surface area (Å²) < 4.78 is 37.5. The minimum Gasteiger partial charge on any atom is -0.454 e. The molecule has 30 heavy (non-hydrogen) atoms. The van der Waals surface area contributed by atoms with Crippen LogP contribution in [0, 0.1) is 6.92 Å². The van der Waals surface area contributed by atoms with Gasteiger partial charge in [0, 0.05) is 37.1 Å². The molecular formula is C21H25N3O5S. The number of rotatable bonds is 6. The molecule has 1 aromatic carbocycles. The summed E-state index contributed by atoms with van der Waals surface area (Å²) in [6, 6.07) is 5.20. The van der Waals surface area contributed by atoms with Crippen molar-refractivity contribution in [3.05, 3.63) is 52.3 Å². The molecule has 3 heterocycles. The van der Waals surface area contributed by atoms with Gasteiger partial charge in [-0.05, 0) is 54.7 Å². The third kappa shape index (κ3) is 4.13. The van der Waals surface area contributed by atoms with Gasteiger partial charge in [0.05, 0.1) is 5.75 Å². The number of benzene rings is 1. The molecule has 0 radical (unpaired) electrons. The Bertz CT molecular complexity index is 1080. The summed E-state index contributed by atoms with van der Waals surface area (Å²) in [6.07, 6.45) is 3.00. The van der Waals surface area contributed by atoms with E-state index in [0.717, 1.165) is 22.4 Å². The molecule has 2 aliphatic rings. The molecular weight excluding hydrogens is 406 g/mol. The summed E-state index contributed by atoms with van der Waals surface area (Å²) in [6.45, 7) is 5.10. The molecule has 0 bridgehead atoms. The van der Waals surface area contributed by atoms with E-state index < -0.39 is 10.0 Å². The summed E-state index contributed by atoms with van der Waals surface area (Å²) in [5, 5.41) is 0. The number of pyridine rings is 1. The second-order valence-electron chi connectivity index (χ2n) is 7.51. The van der Waals surface area contributed by atoms with Crippen LogP contribution in [0.4, 0.5) is 0 Å². The monoisotopic (exact) mass is 431 g/mol. The first-order valence-electron chi connectivity index (χ1n) is 10.0. The third-order valence-corrected chi connectivity index (χ3v) is 6.97. The molecule has 1 aromatic heterocycles. The molecule has 0 saturated heterocycles. The van der Waals surface area contributed by atoms with Gasteiger partial charge in [-0.15, -0.1) is 0 Å². The van der Waals surface area contributed by atoms with E-state index in [2.05, 4.69) is 9.71 Å². The normalized spacial score (nSPS) is 15.2. The van der Waals surface area contributed by atoms with E-state index in [0.29, 0.717) is 43.0 Å². The van der Waals surface area contributed by atoms with Gasteiger partial charge >= 0.3 is 0 Å². The van der Waals surface area contributed by atoms with Gasteiger partial charge in [-0.3, -0.25) is 9.78 Å². The van der Waals surface area contributed by atoms with Crippen molar-refractivity contribution in [1.29, 1.82) is 0 Å². The van der Waals surface area contributed by atoms with Gasteiger partial charge < -0.3 is 14.4 Å². The molecule has 2 aromatic rings. The Hall–Kier alpha value is -2.65. The second kappa shape index (κ2) is 8.23. The van der Waals surface area contributed by atoms with Crippen molar-refractivity contribution in [2.45, 2.75) is 39.8 Å².